The summed E-state index contributed by atoms with van der Waals surface area (Å²) >= 11 is 0. The van der Waals surface area contributed by atoms with E-state index in [1.165, 1.54) is 4.90 Å². The van der Waals surface area contributed by atoms with E-state index in [0.29, 0.717) is 17.4 Å². The van der Waals surface area contributed by atoms with Crippen LogP contribution in [0.4, 0.5) is 5.69 Å². The molecule has 0 spiro atoms. The summed E-state index contributed by atoms with van der Waals surface area (Å²) in [7, 11) is 0. The van der Waals surface area contributed by atoms with Gasteiger partial charge in [0.2, 0.25) is 5.91 Å². The minimum Gasteiger partial charge on any atom is -0.479 e. The highest BCUT2D eigenvalue weighted by atomic mass is 16.5. The number of anilines is 1. The van der Waals surface area contributed by atoms with E-state index in [1.54, 1.807) is 19.1 Å². The van der Waals surface area contributed by atoms with E-state index in [4.69, 9.17) is 4.74 Å². The van der Waals surface area contributed by atoms with Gasteiger partial charge in [0.15, 0.2) is 6.10 Å². The highest BCUT2D eigenvalue weighted by Crippen LogP contribution is 2.33. The first-order chi connectivity index (χ1) is 9.90. The standard InChI is InChI=1S/C16H22N2O3/c1-10(2)11(3)17-15(19)9-18-13-7-5-6-8-14(13)21-12(4)16(18)20/h5-8,10-12H,9H2,1-4H3,(H,17,19). The van der Waals surface area contributed by atoms with Crippen LogP contribution in [0.1, 0.15) is 27.7 Å². The summed E-state index contributed by atoms with van der Waals surface area (Å²) in [5.74, 6) is 0.629. The van der Waals surface area contributed by atoms with Crippen molar-refractivity contribution in [2.45, 2.75) is 39.8 Å². The summed E-state index contributed by atoms with van der Waals surface area (Å²) in [5, 5.41) is 2.92. The maximum Gasteiger partial charge on any atom is 0.268 e. The van der Waals surface area contributed by atoms with Gasteiger partial charge < -0.3 is 10.1 Å². The maximum absolute atomic E-state index is 12.3. The molecule has 0 saturated heterocycles. The maximum atomic E-state index is 12.3. The number of rotatable bonds is 4. The quantitative estimate of drug-likeness (QED) is 0.922. The van der Waals surface area contributed by atoms with Crippen LogP contribution < -0.4 is 15.0 Å². The summed E-state index contributed by atoms with van der Waals surface area (Å²) in [6.45, 7) is 7.76. The molecule has 2 unspecified atom stereocenters. The number of carbonyl (C=O) groups excluding carboxylic acids is 2. The average molecular weight is 290 g/mol. The zero-order valence-corrected chi connectivity index (χ0v) is 12.9. The SMILES string of the molecule is CC1Oc2ccccc2N(CC(=O)NC(C)C(C)C)C1=O. The molecule has 114 valence electrons. The van der Waals surface area contributed by atoms with Crippen LogP contribution in [0.5, 0.6) is 5.75 Å². The molecular formula is C16H22N2O3. The number of amides is 2. The van der Waals surface area contributed by atoms with Gasteiger partial charge in [0.25, 0.3) is 5.91 Å². The zero-order valence-electron chi connectivity index (χ0n) is 12.9. The third-order valence-corrected chi connectivity index (χ3v) is 3.76. The van der Waals surface area contributed by atoms with Crippen LogP contribution in [0, 0.1) is 5.92 Å². The number of hydrogen-bond donors (Lipinski definition) is 1. The van der Waals surface area contributed by atoms with Crippen molar-refractivity contribution in [3.63, 3.8) is 0 Å². The molecule has 1 aromatic rings. The Bertz CT molecular complexity index is 542. The Morgan fingerprint density at radius 1 is 1.33 bits per heavy atom. The van der Waals surface area contributed by atoms with Crippen molar-refractivity contribution in [1.82, 2.24) is 5.32 Å². The number of ether oxygens (including phenoxy) is 1. The van der Waals surface area contributed by atoms with E-state index >= 15 is 0 Å². The van der Waals surface area contributed by atoms with Crippen LogP contribution in [0.15, 0.2) is 24.3 Å². The number of hydrogen-bond acceptors (Lipinski definition) is 3. The molecule has 5 heteroatoms. The Morgan fingerprint density at radius 3 is 2.67 bits per heavy atom. The first kappa shape index (κ1) is 15.4. The van der Waals surface area contributed by atoms with E-state index < -0.39 is 6.10 Å². The zero-order chi connectivity index (χ0) is 15.6. The smallest absolute Gasteiger partial charge is 0.268 e. The lowest BCUT2D eigenvalue weighted by atomic mass is 10.1. The van der Waals surface area contributed by atoms with Gasteiger partial charge in [-0.1, -0.05) is 26.0 Å². The molecular weight excluding hydrogens is 268 g/mol. The fraction of sp³-hybridized carbons (Fsp3) is 0.500. The van der Waals surface area contributed by atoms with Crippen LogP contribution in [0.3, 0.4) is 0 Å². The first-order valence-electron chi connectivity index (χ1n) is 7.26. The topological polar surface area (TPSA) is 58.6 Å². The molecule has 2 atom stereocenters. The fourth-order valence-corrected chi connectivity index (χ4v) is 2.13. The molecule has 1 N–H and O–H groups in total. The van der Waals surface area contributed by atoms with Crippen molar-refractivity contribution in [2.75, 3.05) is 11.4 Å². The third-order valence-electron chi connectivity index (χ3n) is 3.76. The molecule has 1 aromatic carbocycles. The normalized spacial score (nSPS) is 19.0. The van der Waals surface area contributed by atoms with Gasteiger partial charge in [-0.05, 0) is 31.9 Å². The van der Waals surface area contributed by atoms with Gasteiger partial charge in [0, 0.05) is 6.04 Å². The molecule has 1 aliphatic rings. The van der Waals surface area contributed by atoms with E-state index in [1.807, 2.05) is 32.9 Å². The highest BCUT2D eigenvalue weighted by Gasteiger charge is 2.32. The van der Waals surface area contributed by atoms with Gasteiger partial charge in [-0.2, -0.15) is 0 Å². The molecule has 2 rings (SSSR count). The van der Waals surface area contributed by atoms with E-state index in [0.717, 1.165) is 0 Å². The van der Waals surface area contributed by atoms with Crippen molar-refractivity contribution in [3.8, 4) is 5.75 Å². The van der Waals surface area contributed by atoms with Crippen molar-refractivity contribution < 1.29 is 14.3 Å². The van der Waals surface area contributed by atoms with Crippen LogP contribution in [-0.2, 0) is 9.59 Å². The Hall–Kier alpha value is -2.04. The predicted octanol–water partition coefficient (Wildman–Crippen LogP) is 1.96. The van der Waals surface area contributed by atoms with E-state index in [2.05, 4.69) is 5.32 Å². The molecule has 5 nitrogen and oxygen atoms in total. The highest BCUT2D eigenvalue weighted by molar-refractivity contribution is 6.03. The van der Waals surface area contributed by atoms with E-state index in [9.17, 15) is 9.59 Å². The fourth-order valence-electron chi connectivity index (χ4n) is 2.13. The minimum absolute atomic E-state index is 0.0145. The predicted molar refractivity (Wildman–Crippen MR) is 81.3 cm³/mol. The van der Waals surface area contributed by atoms with Crippen molar-refractivity contribution in [1.29, 1.82) is 0 Å². The number of benzene rings is 1. The second-order valence-corrected chi connectivity index (χ2v) is 5.75. The van der Waals surface area contributed by atoms with Crippen molar-refractivity contribution in [3.05, 3.63) is 24.3 Å². The molecule has 0 fully saturated rings. The van der Waals surface area contributed by atoms with Crippen LogP contribution >= 0.6 is 0 Å². The lowest BCUT2D eigenvalue weighted by molar-refractivity contribution is -0.128. The van der Waals surface area contributed by atoms with Crippen molar-refractivity contribution in [2.24, 2.45) is 5.92 Å². The summed E-state index contributed by atoms with van der Waals surface area (Å²) in [6.07, 6.45) is -0.574. The molecule has 0 saturated carbocycles. The first-order valence-corrected chi connectivity index (χ1v) is 7.26. The molecule has 0 aliphatic carbocycles. The van der Waals surface area contributed by atoms with Gasteiger partial charge in [-0.3, -0.25) is 14.5 Å². The van der Waals surface area contributed by atoms with Gasteiger partial charge in [-0.25, -0.2) is 0 Å². The Balaban J connectivity index is 2.15. The van der Waals surface area contributed by atoms with E-state index in [-0.39, 0.29) is 24.4 Å². The molecule has 2 amide bonds. The van der Waals surface area contributed by atoms with Gasteiger partial charge >= 0.3 is 0 Å². The number of nitrogens with one attached hydrogen (secondary N) is 1. The van der Waals surface area contributed by atoms with Gasteiger partial charge in [0.05, 0.1) is 5.69 Å². The molecule has 1 heterocycles. The second-order valence-electron chi connectivity index (χ2n) is 5.75. The number of fused-ring (bicyclic) bond motifs is 1. The molecule has 1 aliphatic heterocycles. The molecule has 21 heavy (non-hydrogen) atoms. The van der Waals surface area contributed by atoms with Crippen LogP contribution in [-0.4, -0.2) is 30.5 Å². The van der Waals surface area contributed by atoms with Gasteiger partial charge in [-0.15, -0.1) is 0 Å². The largest absolute Gasteiger partial charge is 0.479 e. The number of para-hydroxylation sites is 2. The summed E-state index contributed by atoms with van der Waals surface area (Å²) in [6, 6.07) is 7.34. The third kappa shape index (κ3) is 3.35. The lowest BCUT2D eigenvalue weighted by Gasteiger charge is -2.32. The Kier molecular flexibility index (Phi) is 4.50. The monoisotopic (exact) mass is 290 g/mol. The molecule has 0 radical (unpaired) electrons. The molecule has 0 bridgehead atoms. The van der Waals surface area contributed by atoms with Gasteiger partial charge in [0.1, 0.15) is 12.3 Å². The minimum atomic E-state index is -0.574. The number of carbonyl (C=O) groups is 2. The van der Waals surface area contributed by atoms with Crippen molar-refractivity contribution >= 4 is 17.5 Å². The average Bonchev–Trinajstić information content (AvgIpc) is 2.43. The van der Waals surface area contributed by atoms with Crippen LogP contribution in [0.25, 0.3) is 0 Å². The second kappa shape index (κ2) is 6.16. The number of nitrogens with zero attached hydrogens (tertiary/aromatic N) is 1. The Labute approximate surface area is 125 Å². The summed E-state index contributed by atoms with van der Waals surface area (Å²) in [4.78, 5) is 25.9. The Morgan fingerprint density at radius 2 is 2.00 bits per heavy atom. The lowest BCUT2D eigenvalue weighted by Crippen LogP contribution is -2.50. The molecule has 0 aromatic heterocycles. The van der Waals surface area contributed by atoms with Crippen LogP contribution in [0.2, 0.25) is 0 Å². The summed E-state index contributed by atoms with van der Waals surface area (Å²) < 4.78 is 5.55. The summed E-state index contributed by atoms with van der Waals surface area (Å²) in [5.41, 5.74) is 0.646.